The molecule has 0 amide bonds. The van der Waals surface area contributed by atoms with Crippen molar-refractivity contribution in [1.29, 1.82) is 0 Å². The Bertz CT molecular complexity index is 825. The molecule has 1 aromatic heterocycles. The fraction of sp³-hybridized carbons (Fsp3) is 0.0769. The molecule has 2 N–H and O–H groups in total. The topological polar surface area (TPSA) is 96.4 Å². The maximum Gasteiger partial charge on any atom is 0.354 e. The van der Waals surface area contributed by atoms with E-state index in [4.69, 9.17) is 28.3 Å². The van der Waals surface area contributed by atoms with Crippen LogP contribution in [-0.4, -0.2) is 24.5 Å². The molecular weight excluding hydrogens is 351 g/mol. The monoisotopic (exact) mass is 360 g/mol. The molecule has 116 valence electrons. The van der Waals surface area contributed by atoms with Gasteiger partial charge in [-0.1, -0.05) is 29.3 Å². The summed E-state index contributed by atoms with van der Waals surface area (Å²) in [5, 5.41) is 9.42. The Morgan fingerprint density at radius 2 is 1.91 bits per heavy atom. The lowest BCUT2D eigenvalue weighted by Gasteiger charge is -2.09. The Morgan fingerprint density at radius 3 is 2.55 bits per heavy atom. The van der Waals surface area contributed by atoms with Crippen LogP contribution in [0.1, 0.15) is 16.1 Å². The van der Waals surface area contributed by atoms with Gasteiger partial charge in [-0.3, -0.25) is 4.72 Å². The van der Waals surface area contributed by atoms with E-state index in [0.717, 1.165) is 6.07 Å². The van der Waals surface area contributed by atoms with Crippen molar-refractivity contribution in [3.63, 3.8) is 0 Å². The van der Waals surface area contributed by atoms with Crippen LogP contribution >= 0.6 is 23.2 Å². The quantitative estimate of drug-likeness (QED) is 0.853. The highest BCUT2D eigenvalue weighted by atomic mass is 35.5. The van der Waals surface area contributed by atoms with Crippen molar-refractivity contribution in [1.82, 2.24) is 4.98 Å². The maximum absolute atomic E-state index is 12.1. The third kappa shape index (κ3) is 4.33. The average molecular weight is 361 g/mol. The van der Waals surface area contributed by atoms with Crippen molar-refractivity contribution in [3.05, 3.63) is 57.8 Å². The molecule has 0 unspecified atom stereocenters. The zero-order chi connectivity index (χ0) is 16.3. The molecule has 1 aromatic carbocycles. The first-order valence-corrected chi connectivity index (χ1v) is 8.31. The number of nitrogens with zero attached hydrogens (tertiary/aromatic N) is 1. The molecule has 0 aliphatic rings. The Labute approximate surface area is 136 Å². The zero-order valence-corrected chi connectivity index (χ0v) is 13.3. The van der Waals surface area contributed by atoms with Crippen LogP contribution in [0.2, 0.25) is 10.0 Å². The van der Waals surface area contributed by atoms with Gasteiger partial charge in [0.1, 0.15) is 5.69 Å². The van der Waals surface area contributed by atoms with Crippen LogP contribution in [0.15, 0.2) is 36.5 Å². The normalized spacial score (nSPS) is 11.2. The summed E-state index contributed by atoms with van der Waals surface area (Å²) in [4.78, 5) is 14.4. The van der Waals surface area contributed by atoms with E-state index in [1.54, 1.807) is 6.07 Å². The molecule has 0 saturated heterocycles. The minimum absolute atomic E-state index is 0.118. The van der Waals surface area contributed by atoms with Crippen LogP contribution in [0.4, 0.5) is 5.69 Å². The van der Waals surface area contributed by atoms with Gasteiger partial charge in [0.25, 0.3) is 0 Å². The van der Waals surface area contributed by atoms with Gasteiger partial charge in [-0.2, -0.15) is 0 Å². The fourth-order valence-electron chi connectivity index (χ4n) is 1.68. The number of benzene rings is 1. The standard InChI is InChI=1S/C13H10Cl2N2O4S/c14-10-2-1-8(5-11(10)15)7-22(20,21)17-9-3-4-16-12(6-9)13(18)19/h1-6H,7H2,(H,16,17)(H,18,19). The molecule has 0 saturated carbocycles. The van der Waals surface area contributed by atoms with Gasteiger partial charge in [0, 0.05) is 6.20 Å². The summed E-state index contributed by atoms with van der Waals surface area (Å²) in [7, 11) is -3.73. The van der Waals surface area contributed by atoms with Crippen molar-refractivity contribution in [2.75, 3.05) is 4.72 Å². The minimum atomic E-state index is -3.73. The number of pyridine rings is 1. The first-order chi connectivity index (χ1) is 10.3. The molecule has 0 fully saturated rings. The Hall–Kier alpha value is -1.83. The predicted octanol–water partition coefficient (Wildman–Crippen LogP) is 3.03. The highest BCUT2D eigenvalue weighted by Gasteiger charge is 2.14. The van der Waals surface area contributed by atoms with E-state index in [2.05, 4.69) is 9.71 Å². The lowest BCUT2D eigenvalue weighted by Crippen LogP contribution is -2.15. The van der Waals surface area contributed by atoms with Gasteiger partial charge in [-0.25, -0.2) is 18.2 Å². The summed E-state index contributed by atoms with van der Waals surface area (Å²) in [5.41, 5.74) is 0.316. The van der Waals surface area contributed by atoms with E-state index in [-0.39, 0.29) is 22.2 Å². The van der Waals surface area contributed by atoms with E-state index in [9.17, 15) is 13.2 Å². The molecule has 0 bridgehead atoms. The summed E-state index contributed by atoms with van der Waals surface area (Å²) < 4.78 is 26.5. The van der Waals surface area contributed by atoms with Gasteiger partial charge in [0.05, 0.1) is 21.5 Å². The molecule has 0 aliphatic carbocycles. The van der Waals surface area contributed by atoms with Crippen molar-refractivity contribution < 1.29 is 18.3 Å². The number of aromatic carboxylic acids is 1. The predicted molar refractivity (Wildman–Crippen MR) is 83.9 cm³/mol. The Kier molecular flexibility index (Phi) is 4.90. The van der Waals surface area contributed by atoms with Crippen LogP contribution in [0.5, 0.6) is 0 Å². The van der Waals surface area contributed by atoms with E-state index in [1.807, 2.05) is 0 Å². The van der Waals surface area contributed by atoms with Crippen molar-refractivity contribution >= 4 is 44.9 Å². The zero-order valence-electron chi connectivity index (χ0n) is 11.0. The summed E-state index contributed by atoms with van der Waals surface area (Å²) >= 11 is 11.6. The van der Waals surface area contributed by atoms with E-state index in [1.165, 1.54) is 24.4 Å². The highest BCUT2D eigenvalue weighted by Crippen LogP contribution is 2.24. The number of hydrogen-bond acceptors (Lipinski definition) is 4. The molecule has 6 nitrogen and oxygen atoms in total. The Morgan fingerprint density at radius 1 is 1.18 bits per heavy atom. The van der Waals surface area contributed by atoms with Crippen molar-refractivity contribution in [2.45, 2.75) is 5.75 Å². The molecule has 9 heteroatoms. The molecule has 0 atom stereocenters. The van der Waals surface area contributed by atoms with Gasteiger partial charge in [0.2, 0.25) is 10.0 Å². The van der Waals surface area contributed by atoms with Crippen molar-refractivity contribution in [3.8, 4) is 0 Å². The van der Waals surface area contributed by atoms with Gasteiger partial charge in [0.15, 0.2) is 0 Å². The van der Waals surface area contributed by atoms with Crippen LogP contribution in [0.25, 0.3) is 0 Å². The molecule has 2 rings (SSSR count). The third-order valence-electron chi connectivity index (χ3n) is 2.59. The lowest BCUT2D eigenvalue weighted by molar-refractivity contribution is 0.0690. The summed E-state index contributed by atoms with van der Waals surface area (Å²) in [5.74, 6) is -1.57. The molecule has 0 aliphatic heterocycles. The maximum atomic E-state index is 12.1. The molecule has 2 aromatic rings. The van der Waals surface area contributed by atoms with Gasteiger partial charge >= 0.3 is 5.97 Å². The van der Waals surface area contributed by atoms with Gasteiger partial charge in [-0.15, -0.1) is 0 Å². The lowest BCUT2D eigenvalue weighted by atomic mass is 10.2. The first-order valence-electron chi connectivity index (χ1n) is 5.90. The summed E-state index contributed by atoms with van der Waals surface area (Å²) in [6, 6.07) is 7.00. The number of nitrogens with one attached hydrogen (secondary N) is 1. The number of anilines is 1. The van der Waals surface area contributed by atoms with Crippen LogP contribution < -0.4 is 4.72 Å². The second-order valence-electron chi connectivity index (χ2n) is 4.34. The molecule has 1 heterocycles. The van der Waals surface area contributed by atoms with Gasteiger partial charge < -0.3 is 5.11 Å². The minimum Gasteiger partial charge on any atom is -0.477 e. The average Bonchev–Trinajstić information content (AvgIpc) is 2.42. The largest absolute Gasteiger partial charge is 0.477 e. The second-order valence-corrected chi connectivity index (χ2v) is 6.88. The van der Waals surface area contributed by atoms with Crippen molar-refractivity contribution in [2.24, 2.45) is 0 Å². The van der Waals surface area contributed by atoms with E-state index in [0.29, 0.717) is 10.6 Å². The molecular formula is C13H10Cl2N2O4S. The number of aromatic nitrogens is 1. The smallest absolute Gasteiger partial charge is 0.354 e. The highest BCUT2D eigenvalue weighted by molar-refractivity contribution is 7.91. The number of carboxylic acids is 1. The second kappa shape index (κ2) is 6.51. The Balaban J connectivity index is 2.19. The number of halogens is 2. The van der Waals surface area contributed by atoms with Crippen LogP contribution in [0, 0.1) is 0 Å². The van der Waals surface area contributed by atoms with E-state index >= 15 is 0 Å². The fourth-order valence-corrected chi connectivity index (χ4v) is 3.17. The molecule has 0 radical (unpaired) electrons. The number of carbonyl (C=O) groups is 1. The number of hydrogen-bond donors (Lipinski definition) is 2. The van der Waals surface area contributed by atoms with Crippen LogP contribution in [0.3, 0.4) is 0 Å². The van der Waals surface area contributed by atoms with Crippen LogP contribution in [-0.2, 0) is 15.8 Å². The number of carboxylic acid groups (broad SMARTS) is 1. The third-order valence-corrected chi connectivity index (χ3v) is 4.59. The molecule has 0 spiro atoms. The number of rotatable bonds is 5. The molecule has 22 heavy (non-hydrogen) atoms. The SMILES string of the molecule is O=C(O)c1cc(NS(=O)(=O)Cc2ccc(Cl)c(Cl)c2)ccn1. The number of sulfonamides is 1. The summed E-state index contributed by atoms with van der Waals surface area (Å²) in [6.45, 7) is 0. The summed E-state index contributed by atoms with van der Waals surface area (Å²) in [6.07, 6.45) is 1.21. The van der Waals surface area contributed by atoms with E-state index < -0.39 is 16.0 Å². The van der Waals surface area contributed by atoms with Gasteiger partial charge in [-0.05, 0) is 29.8 Å². The first kappa shape index (κ1) is 16.5.